The molecule has 1 aliphatic heterocycles. The van der Waals surface area contributed by atoms with E-state index in [-0.39, 0.29) is 29.6 Å². The number of hydrogen-bond donors (Lipinski definition) is 1. The molecule has 180 valence electrons. The normalized spacial score (nSPS) is 15.9. The SMILES string of the molecule is C[C@H](NC(=O)CCCCCCN1C(=O)c2ccccc2C1=O)c1cc(F)cc(OCC2CC2)c1. The van der Waals surface area contributed by atoms with Gasteiger partial charge in [0.25, 0.3) is 11.8 Å². The molecule has 0 aromatic heterocycles. The van der Waals surface area contributed by atoms with E-state index in [0.717, 1.165) is 25.7 Å². The molecule has 34 heavy (non-hydrogen) atoms. The van der Waals surface area contributed by atoms with Crippen LogP contribution in [0.2, 0.25) is 0 Å². The fraction of sp³-hybridized carbons (Fsp3) is 0.444. The molecule has 1 saturated carbocycles. The lowest BCUT2D eigenvalue weighted by molar-refractivity contribution is -0.121. The van der Waals surface area contributed by atoms with E-state index in [4.69, 9.17) is 4.74 Å². The number of unbranched alkanes of at least 4 members (excludes halogenated alkanes) is 3. The summed E-state index contributed by atoms with van der Waals surface area (Å²) in [4.78, 5) is 38.4. The number of amides is 3. The zero-order valence-corrected chi connectivity index (χ0v) is 19.5. The third-order valence-corrected chi connectivity index (χ3v) is 6.37. The minimum Gasteiger partial charge on any atom is -0.493 e. The van der Waals surface area contributed by atoms with Crippen LogP contribution in [0.1, 0.15) is 84.2 Å². The predicted molar refractivity (Wildman–Crippen MR) is 126 cm³/mol. The number of ether oxygens (including phenoxy) is 1. The summed E-state index contributed by atoms with van der Waals surface area (Å²) in [5.74, 6) is 0.164. The van der Waals surface area contributed by atoms with Crippen molar-refractivity contribution < 1.29 is 23.5 Å². The molecular weight excluding hydrogens is 435 g/mol. The molecule has 0 bridgehead atoms. The van der Waals surface area contributed by atoms with Gasteiger partial charge < -0.3 is 10.1 Å². The molecule has 6 nitrogen and oxygen atoms in total. The number of rotatable bonds is 12. The van der Waals surface area contributed by atoms with E-state index in [0.29, 0.717) is 60.8 Å². The summed E-state index contributed by atoms with van der Waals surface area (Å²) >= 11 is 0. The zero-order valence-electron chi connectivity index (χ0n) is 19.5. The van der Waals surface area contributed by atoms with Gasteiger partial charge in [-0.3, -0.25) is 19.3 Å². The van der Waals surface area contributed by atoms with E-state index in [1.54, 1.807) is 30.3 Å². The van der Waals surface area contributed by atoms with Gasteiger partial charge in [0.15, 0.2) is 0 Å². The van der Waals surface area contributed by atoms with Crippen LogP contribution in [-0.2, 0) is 4.79 Å². The van der Waals surface area contributed by atoms with Gasteiger partial charge in [-0.05, 0) is 68.4 Å². The van der Waals surface area contributed by atoms with E-state index in [1.807, 2.05) is 6.92 Å². The highest BCUT2D eigenvalue weighted by molar-refractivity contribution is 6.21. The fourth-order valence-electron chi connectivity index (χ4n) is 4.16. The van der Waals surface area contributed by atoms with E-state index in [2.05, 4.69) is 5.32 Å². The number of carbonyl (C=O) groups is 3. The molecule has 1 aliphatic carbocycles. The Morgan fingerprint density at radius 3 is 2.41 bits per heavy atom. The van der Waals surface area contributed by atoms with Gasteiger partial charge in [-0.15, -0.1) is 0 Å². The summed E-state index contributed by atoms with van der Waals surface area (Å²) in [6.45, 7) is 2.83. The van der Waals surface area contributed by atoms with Crippen LogP contribution in [0.25, 0.3) is 0 Å². The largest absolute Gasteiger partial charge is 0.493 e. The van der Waals surface area contributed by atoms with E-state index in [1.165, 1.54) is 17.0 Å². The molecule has 0 saturated heterocycles. The van der Waals surface area contributed by atoms with Crippen LogP contribution < -0.4 is 10.1 Å². The van der Waals surface area contributed by atoms with Gasteiger partial charge in [-0.25, -0.2) is 4.39 Å². The topological polar surface area (TPSA) is 75.7 Å². The van der Waals surface area contributed by atoms with Crippen LogP contribution >= 0.6 is 0 Å². The van der Waals surface area contributed by atoms with Crippen molar-refractivity contribution in [3.05, 3.63) is 65.0 Å². The Labute approximate surface area is 199 Å². The average Bonchev–Trinajstić information content (AvgIpc) is 3.62. The summed E-state index contributed by atoms with van der Waals surface area (Å²) in [6.07, 6.45) is 5.76. The minimum atomic E-state index is -0.373. The lowest BCUT2D eigenvalue weighted by atomic mass is 10.1. The number of carbonyl (C=O) groups excluding carboxylic acids is 3. The first-order valence-corrected chi connectivity index (χ1v) is 12.1. The number of imide groups is 1. The van der Waals surface area contributed by atoms with Gasteiger partial charge in [0, 0.05) is 19.0 Å². The molecule has 1 N–H and O–H groups in total. The highest BCUT2D eigenvalue weighted by atomic mass is 19.1. The van der Waals surface area contributed by atoms with Crippen molar-refractivity contribution >= 4 is 17.7 Å². The molecule has 3 amide bonds. The van der Waals surface area contributed by atoms with Crippen molar-refractivity contribution in [2.75, 3.05) is 13.2 Å². The standard InChI is InChI=1S/C27H31FN2O4/c1-18(20-14-21(28)16-22(15-20)34-17-19-11-12-19)29-25(31)10-4-2-3-7-13-30-26(32)23-8-5-6-9-24(23)27(30)33/h5-6,8-9,14-16,18-19H,2-4,7,10-13,17H2,1H3,(H,29,31)/t18-/m0/s1. The maximum atomic E-state index is 14.0. The van der Waals surface area contributed by atoms with Crippen LogP contribution in [-0.4, -0.2) is 35.8 Å². The molecule has 1 atom stereocenters. The Hall–Kier alpha value is -3.22. The molecule has 0 unspecified atom stereocenters. The zero-order chi connectivity index (χ0) is 24.1. The third kappa shape index (κ3) is 6.01. The summed E-state index contributed by atoms with van der Waals surface area (Å²) in [6, 6.07) is 11.2. The van der Waals surface area contributed by atoms with Crippen molar-refractivity contribution in [3.8, 4) is 5.75 Å². The van der Waals surface area contributed by atoms with Crippen molar-refractivity contribution in [2.24, 2.45) is 5.92 Å². The quantitative estimate of drug-likeness (QED) is 0.351. The van der Waals surface area contributed by atoms with Gasteiger partial charge in [-0.2, -0.15) is 0 Å². The van der Waals surface area contributed by atoms with Gasteiger partial charge in [0.05, 0.1) is 23.8 Å². The highest BCUT2D eigenvalue weighted by Gasteiger charge is 2.34. The second-order valence-electron chi connectivity index (χ2n) is 9.24. The molecule has 2 aliphatic rings. The van der Waals surface area contributed by atoms with E-state index < -0.39 is 0 Å². The second-order valence-corrected chi connectivity index (χ2v) is 9.24. The molecule has 0 radical (unpaired) electrons. The number of benzene rings is 2. The summed E-state index contributed by atoms with van der Waals surface area (Å²) in [7, 11) is 0. The molecule has 2 aromatic carbocycles. The van der Waals surface area contributed by atoms with E-state index >= 15 is 0 Å². The summed E-state index contributed by atoms with van der Waals surface area (Å²) in [5.41, 5.74) is 1.62. The van der Waals surface area contributed by atoms with Crippen molar-refractivity contribution in [2.45, 2.75) is 57.9 Å². The number of nitrogens with one attached hydrogen (secondary N) is 1. The highest BCUT2D eigenvalue weighted by Crippen LogP contribution is 2.30. The molecule has 0 spiro atoms. The first-order valence-electron chi connectivity index (χ1n) is 12.1. The lowest BCUT2D eigenvalue weighted by Crippen LogP contribution is -2.30. The summed E-state index contributed by atoms with van der Waals surface area (Å²) in [5, 5.41) is 2.93. The Morgan fingerprint density at radius 1 is 1.06 bits per heavy atom. The Balaban J connectivity index is 1.14. The van der Waals surface area contributed by atoms with Crippen molar-refractivity contribution in [1.29, 1.82) is 0 Å². The molecule has 1 fully saturated rings. The van der Waals surface area contributed by atoms with Gasteiger partial charge in [0.1, 0.15) is 11.6 Å². The smallest absolute Gasteiger partial charge is 0.261 e. The number of fused-ring (bicyclic) bond motifs is 1. The molecule has 4 rings (SSSR count). The lowest BCUT2D eigenvalue weighted by Gasteiger charge is -2.16. The molecule has 2 aromatic rings. The average molecular weight is 467 g/mol. The molecule has 7 heteroatoms. The van der Waals surface area contributed by atoms with E-state index in [9.17, 15) is 18.8 Å². The minimum absolute atomic E-state index is 0.0856. The first-order chi connectivity index (χ1) is 16.4. The van der Waals surface area contributed by atoms with Gasteiger partial charge in [-0.1, -0.05) is 25.0 Å². The van der Waals surface area contributed by atoms with Crippen LogP contribution in [0.5, 0.6) is 5.75 Å². The first kappa shape index (κ1) is 23.9. The van der Waals surface area contributed by atoms with Crippen molar-refractivity contribution in [1.82, 2.24) is 10.2 Å². The Morgan fingerprint density at radius 2 is 1.74 bits per heavy atom. The fourth-order valence-corrected chi connectivity index (χ4v) is 4.16. The second kappa shape index (κ2) is 10.8. The number of nitrogens with zero attached hydrogens (tertiary/aromatic N) is 1. The van der Waals surface area contributed by atoms with Gasteiger partial charge >= 0.3 is 0 Å². The monoisotopic (exact) mass is 466 g/mol. The van der Waals surface area contributed by atoms with Crippen molar-refractivity contribution in [3.63, 3.8) is 0 Å². The molecule has 1 heterocycles. The molecular formula is C27H31FN2O4. The Kier molecular flexibility index (Phi) is 7.60. The predicted octanol–water partition coefficient (Wildman–Crippen LogP) is 5.04. The van der Waals surface area contributed by atoms with Crippen LogP contribution in [0.15, 0.2) is 42.5 Å². The number of halogens is 1. The third-order valence-electron chi connectivity index (χ3n) is 6.37. The van der Waals surface area contributed by atoms with Gasteiger partial charge in [0.2, 0.25) is 5.91 Å². The Bertz CT molecular complexity index is 1030. The van der Waals surface area contributed by atoms with Crippen LogP contribution in [0, 0.1) is 11.7 Å². The maximum absolute atomic E-state index is 14.0. The maximum Gasteiger partial charge on any atom is 0.261 e. The summed E-state index contributed by atoms with van der Waals surface area (Å²) < 4.78 is 19.7. The van der Waals surface area contributed by atoms with Crippen LogP contribution in [0.3, 0.4) is 0 Å². The van der Waals surface area contributed by atoms with Crippen LogP contribution in [0.4, 0.5) is 4.39 Å². The number of hydrogen-bond acceptors (Lipinski definition) is 4.